The molecular weight excluding hydrogens is 664 g/mol. The van der Waals surface area contributed by atoms with Crippen molar-refractivity contribution in [2.24, 2.45) is 5.73 Å². The number of amides is 1. The fourth-order valence-electron chi connectivity index (χ4n) is 5.83. The van der Waals surface area contributed by atoms with Crippen LogP contribution in [0.4, 0.5) is 4.79 Å². The van der Waals surface area contributed by atoms with E-state index in [1.807, 2.05) is 51.1 Å². The van der Waals surface area contributed by atoms with Gasteiger partial charge in [-0.25, -0.2) is 9.78 Å². The van der Waals surface area contributed by atoms with Crippen molar-refractivity contribution in [1.82, 2.24) is 24.6 Å². The van der Waals surface area contributed by atoms with Gasteiger partial charge in [0.1, 0.15) is 18.0 Å². The Kier molecular flexibility index (Phi) is 13.4. The van der Waals surface area contributed by atoms with E-state index < -0.39 is 5.60 Å². The van der Waals surface area contributed by atoms with Crippen LogP contribution in [0.2, 0.25) is 5.02 Å². The Labute approximate surface area is 297 Å². The number of rotatable bonds is 17. The normalized spacial score (nSPS) is 14.1. The molecule has 0 bridgehead atoms. The smallest absolute Gasteiger partial charge is 0.410 e. The first kappa shape index (κ1) is 37.4. The van der Waals surface area contributed by atoms with Gasteiger partial charge in [-0.3, -0.25) is 9.89 Å². The number of aryl methyl sites for hydroxylation is 1. The van der Waals surface area contributed by atoms with Crippen LogP contribution < -0.4 is 16.0 Å². The van der Waals surface area contributed by atoms with Gasteiger partial charge < -0.3 is 39.3 Å². The van der Waals surface area contributed by atoms with Crippen molar-refractivity contribution in [3.8, 4) is 11.7 Å². The van der Waals surface area contributed by atoms with Gasteiger partial charge in [0.15, 0.2) is 0 Å². The fourth-order valence-corrected chi connectivity index (χ4v) is 6.01. The summed E-state index contributed by atoms with van der Waals surface area (Å²) in [6.45, 7) is 10.6. The molecule has 13 nitrogen and oxygen atoms in total. The molecule has 0 spiro atoms. The molecule has 1 aliphatic heterocycles. The van der Waals surface area contributed by atoms with Crippen molar-refractivity contribution in [2.45, 2.75) is 58.0 Å². The second-order valence-electron chi connectivity index (χ2n) is 13.2. The minimum Gasteiger partial charge on any atom is -0.491 e. The number of imidazole rings is 1. The number of nitrogens with zero attached hydrogens (tertiary/aromatic N) is 3. The lowest BCUT2D eigenvalue weighted by molar-refractivity contribution is 0.0106. The molecule has 3 heterocycles. The topological polar surface area (TPSA) is 159 Å². The van der Waals surface area contributed by atoms with E-state index in [-0.39, 0.29) is 17.6 Å². The van der Waals surface area contributed by atoms with Crippen molar-refractivity contribution >= 4 is 28.7 Å². The Morgan fingerprint density at radius 2 is 1.60 bits per heavy atom. The van der Waals surface area contributed by atoms with Crippen molar-refractivity contribution in [3.05, 3.63) is 74.7 Å². The maximum atomic E-state index is 14.0. The van der Waals surface area contributed by atoms with Crippen LogP contribution in [0.1, 0.15) is 56.4 Å². The molecule has 0 atom stereocenters. The zero-order chi connectivity index (χ0) is 35.5. The van der Waals surface area contributed by atoms with Gasteiger partial charge in [0.2, 0.25) is 5.95 Å². The van der Waals surface area contributed by atoms with E-state index in [0.29, 0.717) is 114 Å². The third-order valence-corrected chi connectivity index (χ3v) is 8.54. The van der Waals surface area contributed by atoms with Gasteiger partial charge in [-0.2, -0.15) is 4.68 Å². The summed E-state index contributed by atoms with van der Waals surface area (Å²) < 4.78 is 29.2. The van der Waals surface area contributed by atoms with Crippen molar-refractivity contribution in [1.29, 1.82) is 0 Å². The van der Waals surface area contributed by atoms with Crippen LogP contribution in [0.15, 0.2) is 47.3 Å². The zero-order valence-electron chi connectivity index (χ0n) is 29.2. The highest BCUT2D eigenvalue weighted by Gasteiger charge is 2.31. The summed E-state index contributed by atoms with van der Waals surface area (Å²) in [6, 6.07) is 13.3. The first-order chi connectivity index (χ1) is 24.1. The van der Waals surface area contributed by atoms with Gasteiger partial charge in [0.25, 0.3) is 5.56 Å². The molecule has 0 saturated carbocycles. The van der Waals surface area contributed by atoms with Gasteiger partial charge in [-0.15, -0.1) is 0 Å². The number of benzene rings is 2. The van der Waals surface area contributed by atoms with E-state index in [4.69, 9.17) is 41.0 Å². The third kappa shape index (κ3) is 10.6. The highest BCUT2D eigenvalue weighted by atomic mass is 35.5. The van der Waals surface area contributed by atoms with E-state index in [2.05, 4.69) is 15.1 Å². The van der Waals surface area contributed by atoms with Crippen LogP contribution in [0.5, 0.6) is 5.75 Å². The molecule has 1 amide bonds. The molecule has 2 aromatic carbocycles. The largest absolute Gasteiger partial charge is 0.491 e. The Morgan fingerprint density at radius 1 is 0.940 bits per heavy atom. The standard InChI is InChI=1S/C36H49ClN6O7/c1-36(2,3)50-35(45)42-15-12-26(13-16-42)32-29(33(44)43(41-32)34-39-30-11-7-27(37)24-31(30)40-34)10-6-25-4-8-28(9-5-25)49-23-22-48-21-20-47-19-18-46-17-14-38/h4-5,7-9,11,24,26,41H,6,10,12-23,38H2,1-3H3,(H,39,40). The van der Waals surface area contributed by atoms with E-state index in [1.54, 1.807) is 17.0 Å². The van der Waals surface area contributed by atoms with E-state index in [1.165, 1.54) is 4.68 Å². The third-order valence-electron chi connectivity index (χ3n) is 8.31. The van der Waals surface area contributed by atoms with Crippen molar-refractivity contribution < 1.29 is 28.5 Å². The average molecular weight is 713 g/mol. The minimum absolute atomic E-state index is 0.0661. The van der Waals surface area contributed by atoms with E-state index in [9.17, 15) is 9.59 Å². The summed E-state index contributed by atoms with van der Waals surface area (Å²) in [5.74, 6) is 1.21. The summed E-state index contributed by atoms with van der Waals surface area (Å²) in [6.07, 6.45) is 2.29. The summed E-state index contributed by atoms with van der Waals surface area (Å²) in [4.78, 5) is 36.3. The van der Waals surface area contributed by atoms with Crippen LogP contribution in [0.3, 0.4) is 0 Å². The molecule has 1 fully saturated rings. The van der Waals surface area contributed by atoms with Gasteiger partial charge in [0.05, 0.1) is 50.7 Å². The first-order valence-corrected chi connectivity index (χ1v) is 17.6. The lowest BCUT2D eigenvalue weighted by Crippen LogP contribution is -2.41. The number of hydrogen-bond acceptors (Lipinski definition) is 9. The lowest BCUT2D eigenvalue weighted by Gasteiger charge is -2.33. The number of halogens is 1. The maximum Gasteiger partial charge on any atom is 0.410 e. The SMILES string of the molecule is CC(C)(C)OC(=O)N1CCC(c2[nH]n(-c3nc4ccc(Cl)cc4[nH]3)c(=O)c2CCc2ccc(OCCOCCOCCOCCN)cc2)CC1. The Balaban J connectivity index is 1.19. The highest BCUT2D eigenvalue weighted by molar-refractivity contribution is 6.31. The number of fused-ring (bicyclic) bond motifs is 1. The summed E-state index contributed by atoms with van der Waals surface area (Å²) in [5, 5.41) is 3.97. The first-order valence-electron chi connectivity index (χ1n) is 17.2. The number of H-pyrrole nitrogens is 2. The quantitative estimate of drug-likeness (QED) is 0.128. The fraction of sp³-hybridized carbons (Fsp3) is 0.528. The predicted molar refractivity (Wildman–Crippen MR) is 192 cm³/mol. The average Bonchev–Trinajstić information content (AvgIpc) is 3.66. The second kappa shape index (κ2) is 17.9. The zero-order valence-corrected chi connectivity index (χ0v) is 29.9. The van der Waals surface area contributed by atoms with Crippen LogP contribution in [-0.2, 0) is 31.8 Å². The lowest BCUT2D eigenvalue weighted by atomic mass is 9.90. The number of nitrogens with two attached hydrogens (primary N) is 1. The van der Waals surface area contributed by atoms with Crippen molar-refractivity contribution in [2.75, 3.05) is 65.9 Å². The number of hydrogen-bond donors (Lipinski definition) is 3. The molecule has 0 radical (unpaired) electrons. The van der Waals surface area contributed by atoms with Crippen LogP contribution >= 0.6 is 11.6 Å². The molecule has 1 aliphatic rings. The molecular formula is C36H49ClN6O7. The number of nitrogens with one attached hydrogen (secondary N) is 2. The highest BCUT2D eigenvalue weighted by Crippen LogP contribution is 2.30. The molecule has 2 aromatic heterocycles. The van der Waals surface area contributed by atoms with Gasteiger partial charge in [-0.05, 0) is 82.3 Å². The van der Waals surface area contributed by atoms with Crippen LogP contribution in [-0.4, -0.2) is 102 Å². The molecule has 272 valence electrons. The molecule has 14 heteroatoms. The molecule has 0 unspecified atom stereocenters. The number of likely N-dealkylation sites (tertiary alicyclic amines) is 1. The van der Waals surface area contributed by atoms with Crippen LogP contribution in [0.25, 0.3) is 17.0 Å². The summed E-state index contributed by atoms with van der Waals surface area (Å²) in [7, 11) is 0. The van der Waals surface area contributed by atoms with Gasteiger partial charge in [0, 0.05) is 41.8 Å². The molecule has 4 aromatic rings. The monoisotopic (exact) mass is 712 g/mol. The summed E-state index contributed by atoms with van der Waals surface area (Å²) in [5.41, 5.74) is 8.80. The minimum atomic E-state index is -0.560. The maximum absolute atomic E-state index is 14.0. The number of carbonyl (C=O) groups is 1. The summed E-state index contributed by atoms with van der Waals surface area (Å²) >= 11 is 6.20. The molecule has 0 aliphatic carbocycles. The Bertz CT molecular complexity index is 1720. The number of carbonyl (C=O) groups excluding carboxylic acids is 1. The molecule has 1 saturated heterocycles. The molecule has 5 rings (SSSR count). The number of ether oxygens (including phenoxy) is 5. The Morgan fingerprint density at radius 3 is 2.26 bits per heavy atom. The molecule has 4 N–H and O–H groups in total. The van der Waals surface area contributed by atoms with E-state index >= 15 is 0 Å². The second-order valence-corrected chi connectivity index (χ2v) is 13.7. The predicted octanol–water partition coefficient (Wildman–Crippen LogP) is 4.98. The van der Waals surface area contributed by atoms with Gasteiger partial charge in [-0.1, -0.05) is 23.7 Å². The van der Waals surface area contributed by atoms with Crippen molar-refractivity contribution in [3.63, 3.8) is 0 Å². The Hall–Kier alpha value is -3.88. The number of aromatic amines is 2. The molecule has 50 heavy (non-hydrogen) atoms. The number of aromatic nitrogens is 4. The van der Waals surface area contributed by atoms with Crippen LogP contribution in [0, 0.1) is 0 Å². The number of piperidine rings is 1. The van der Waals surface area contributed by atoms with E-state index in [0.717, 1.165) is 22.5 Å². The van der Waals surface area contributed by atoms with Gasteiger partial charge >= 0.3 is 6.09 Å².